The number of carbonyl (C=O) groups excluding carboxylic acids is 1. The van der Waals surface area contributed by atoms with E-state index < -0.39 is 0 Å². The molecule has 2 rings (SSSR count). The monoisotopic (exact) mass is 296 g/mol. The summed E-state index contributed by atoms with van der Waals surface area (Å²) in [6.07, 6.45) is 1.62. The van der Waals surface area contributed by atoms with Crippen LogP contribution in [0.2, 0.25) is 0 Å². The molecule has 6 heteroatoms. The van der Waals surface area contributed by atoms with Gasteiger partial charge in [-0.1, -0.05) is 0 Å². The maximum Gasteiger partial charge on any atom is 0.227 e. The molecule has 0 aromatic carbocycles. The van der Waals surface area contributed by atoms with Crippen molar-refractivity contribution in [2.75, 3.05) is 50.1 Å². The van der Waals surface area contributed by atoms with Gasteiger partial charge in [-0.3, -0.25) is 4.79 Å². The zero-order valence-corrected chi connectivity index (χ0v) is 13.7. The van der Waals surface area contributed by atoms with Crippen molar-refractivity contribution < 1.29 is 4.79 Å². The molecule has 112 valence electrons. The highest BCUT2D eigenvalue weighted by molar-refractivity contribution is 7.11. The number of aryl methyl sites for hydroxylation is 1. The molecule has 1 aromatic heterocycles. The molecule has 1 saturated heterocycles. The molecule has 0 bridgehead atoms. The molecule has 0 atom stereocenters. The van der Waals surface area contributed by atoms with E-state index in [2.05, 4.69) is 35.2 Å². The van der Waals surface area contributed by atoms with Crippen LogP contribution in [0.1, 0.15) is 25.5 Å². The number of hydrogen-bond donors (Lipinski definition) is 0. The molecule has 1 aromatic rings. The van der Waals surface area contributed by atoms with Crippen molar-refractivity contribution >= 4 is 28.1 Å². The lowest BCUT2D eigenvalue weighted by molar-refractivity contribution is -0.117. The van der Waals surface area contributed by atoms with Crippen LogP contribution in [0.25, 0.3) is 0 Å². The van der Waals surface area contributed by atoms with Gasteiger partial charge in [0.25, 0.3) is 0 Å². The standard InChI is InChI=1S/C14H24N4OS/c1-5-17(10-9-16(3)4)14-13(11(2)15-20-14)18-8-6-7-12(18)19/h5-10H2,1-4H3. The van der Waals surface area contributed by atoms with Gasteiger partial charge >= 0.3 is 0 Å². The average molecular weight is 296 g/mol. The number of aromatic nitrogens is 1. The number of likely N-dealkylation sites (N-methyl/N-ethyl adjacent to an activating group) is 2. The second-order valence-electron chi connectivity index (χ2n) is 5.45. The Morgan fingerprint density at radius 2 is 2.10 bits per heavy atom. The van der Waals surface area contributed by atoms with Crippen LogP contribution in [-0.2, 0) is 4.79 Å². The fraction of sp³-hybridized carbons (Fsp3) is 0.714. The summed E-state index contributed by atoms with van der Waals surface area (Å²) < 4.78 is 4.48. The summed E-state index contributed by atoms with van der Waals surface area (Å²) in [6, 6.07) is 0. The summed E-state index contributed by atoms with van der Waals surface area (Å²) in [5.41, 5.74) is 2.02. The summed E-state index contributed by atoms with van der Waals surface area (Å²) in [7, 11) is 4.16. The van der Waals surface area contributed by atoms with E-state index in [0.29, 0.717) is 6.42 Å². The number of anilines is 2. The lowest BCUT2D eigenvalue weighted by Crippen LogP contribution is -2.33. The third kappa shape index (κ3) is 3.12. The van der Waals surface area contributed by atoms with Gasteiger partial charge in [0.1, 0.15) is 10.7 Å². The molecule has 1 aliphatic heterocycles. The van der Waals surface area contributed by atoms with E-state index in [9.17, 15) is 4.79 Å². The van der Waals surface area contributed by atoms with Crippen LogP contribution < -0.4 is 9.80 Å². The highest BCUT2D eigenvalue weighted by Crippen LogP contribution is 2.38. The Kier molecular flexibility index (Phi) is 4.99. The third-order valence-electron chi connectivity index (χ3n) is 3.64. The van der Waals surface area contributed by atoms with Crippen molar-refractivity contribution in [2.45, 2.75) is 26.7 Å². The SMILES string of the molecule is CCN(CCN(C)C)c1snc(C)c1N1CCCC1=O. The molecule has 0 spiro atoms. The van der Waals surface area contributed by atoms with Gasteiger partial charge in [0.2, 0.25) is 5.91 Å². The zero-order valence-electron chi connectivity index (χ0n) is 12.8. The summed E-state index contributed by atoms with van der Waals surface area (Å²) in [6.45, 7) is 7.88. The second kappa shape index (κ2) is 6.54. The molecule has 0 radical (unpaired) electrons. The van der Waals surface area contributed by atoms with Gasteiger partial charge in [-0.2, -0.15) is 4.37 Å². The highest BCUT2D eigenvalue weighted by atomic mass is 32.1. The summed E-state index contributed by atoms with van der Waals surface area (Å²) in [4.78, 5) is 18.5. The molecular formula is C14H24N4OS. The van der Waals surface area contributed by atoms with Crippen LogP contribution in [0, 0.1) is 6.92 Å². The zero-order chi connectivity index (χ0) is 14.7. The van der Waals surface area contributed by atoms with Crippen molar-refractivity contribution in [2.24, 2.45) is 0 Å². The average Bonchev–Trinajstić information content (AvgIpc) is 2.96. The van der Waals surface area contributed by atoms with E-state index >= 15 is 0 Å². The Balaban J connectivity index is 2.24. The first-order valence-electron chi connectivity index (χ1n) is 7.21. The van der Waals surface area contributed by atoms with Crippen LogP contribution in [0.5, 0.6) is 0 Å². The molecule has 1 amide bonds. The summed E-state index contributed by atoms with van der Waals surface area (Å²) >= 11 is 1.51. The maximum atomic E-state index is 12.0. The lowest BCUT2D eigenvalue weighted by Gasteiger charge is -2.26. The Morgan fingerprint density at radius 1 is 1.35 bits per heavy atom. The summed E-state index contributed by atoms with van der Waals surface area (Å²) in [5.74, 6) is 0.234. The van der Waals surface area contributed by atoms with Crippen molar-refractivity contribution in [3.05, 3.63) is 5.69 Å². The van der Waals surface area contributed by atoms with E-state index in [1.54, 1.807) is 0 Å². The minimum absolute atomic E-state index is 0.234. The van der Waals surface area contributed by atoms with Gasteiger partial charge in [0, 0.05) is 32.6 Å². The number of rotatable bonds is 6. The van der Waals surface area contributed by atoms with Gasteiger partial charge in [-0.25, -0.2) is 0 Å². The fourth-order valence-corrected chi connectivity index (χ4v) is 3.47. The molecule has 1 fully saturated rings. The number of carbonyl (C=O) groups is 1. The summed E-state index contributed by atoms with van der Waals surface area (Å²) in [5, 5.41) is 1.14. The molecule has 0 N–H and O–H groups in total. The topological polar surface area (TPSA) is 39.7 Å². The molecule has 0 aliphatic carbocycles. The van der Waals surface area contributed by atoms with E-state index in [1.165, 1.54) is 11.5 Å². The maximum absolute atomic E-state index is 12.0. The van der Waals surface area contributed by atoms with Crippen LogP contribution in [0.15, 0.2) is 0 Å². The van der Waals surface area contributed by atoms with Crippen molar-refractivity contribution in [1.82, 2.24) is 9.27 Å². The van der Waals surface area contributed by atoms with Crippen molar-refractivity contribution in [1.29, 1.82) is 0 Å². The second-order valence-corrected chi connectivity index (χ2v) is 6.21. The van der Waals surface area contributed by atoms with Crippen LogP contribution in [0.3, 0.4) is 0 Å². The lowest BCUT2D eigenvalue weighted by atomic mass is 10.3. The third-order valence-corrected chi connectivity index (χ3v) is 4.63. The number of nitrogens with zero attached hydrogens (tertiary/aromatic N) is 4. The molecule has 20 heavy (non-hydrogen) atoms. The number of amides is 1. The first kappa shape index (κ1) is 15.3. The van der Waals surface area contributed by atoms with Gasteiger partial charge in [-0.15, -0.1) is 0 Å². The molecule has 1 aliphatic rings. The molecular weight excluding hydrogens is 272 g/mol. The first-order chi connectivity index (χ1) is 9.54. The Morgan fingerprint density at radius 3 is 2.65 bits per heavy atom. The van der Waals surface area contributed by atoms with Crippen LogP contribution >= 0.6 is 11.5 Å². The molecule has 5 nitrogen and oxygen atoms in total. The fourth-order valence-electron chi connectivity index (χ4n) is 2.48. The predicted octanol–water partition coefficient (Wildman–Crippen LogP) is 1.97. The molecule has 0 unspecified atom stereocenters. The predicted molar refractivity (Wildman–Crippen MR) is 84.9 cm³/mol. The minimum atomic E-state index is 0.234. The van der Waals surface area contributed by atoms with Gasteiger partial charge in [-0.05, 0) is 45.9 Å². The van der Waals surface area contributed by atoms with Gasteiger partial charge in [0.05, 0.1) is 5.69 Å². The molecule has 2 heterocycles. The van der Waals surface area contributed by atoms with Crippen LogP contribution in [0.4, 0.5) is 10.7 Å². The van der Waals surface area contributed by atoms with E-state index in [1.807, 2.05) is 11.8 Å². The van der Waals surface area contributed by atoms with Gasteiger partial charge < -0.3 is 14.7 Å². The smallest absolute Gasteiger partial charge is 0.227 e. The quantitative estimate of drug-likeness (QED) is 0.804. The Hall–Kier alpha value is -1.14. The van der Waals surface area contributed by atoms with Gasteiger partial charge in [0.15, 0.2) is 0 Å². The largest absolute Gasteiger partial charge is 0.359 e. The van der Waals surface area contributed by atoms with E-state index in [0.717, 1.165) is 49.0 Å². The van der Waals surface area contributed by atoms with E-state index in [-0.39, 0.29) is 5.91 Å². The normalized spacial score (nSPS) is 15.4. The van der Waals surface area contributed by atoms with Crippen molar-refractivity contribution in [3.8, 4) is 0 Å². The van der Waals surface area contributed by atoms with Crippen LogP contribution in [-0.4, -0.2) is 55.5 Å². The Labute approximate surface area is 125 Å². The Bertz CT molecular complexity index is 472. The minimum Gasteiger partial charge on any atom is -0.359 e. The first-order valence-corrected chi connectivity index (χ1v) is 7.98. The molecule has 0 saturated carbocycles. The van der Waals surface area contributed by atoms with Crippen molar-refractivity contribution in [3.63, 3.8) is 0 Å². The van der Waals surface area contributed by atoms with E-state index in [4.69, 9.17) is 0 Å². The highest BCUT2D eigenvalue weighted by Gasteiger charge is 2.29. The number of hydrogen-bond acceptors (Lipinski definition) is 5.